The van der Waals surface area contributed by atoms with Crippen molar-refractivity contribution in [3.8, 4) is 0 Å². The molecule has 1 aliphatic carbocycles. The minimum atomic E-state index is -4.14. The fraction of sp³-hybridized carbons (Fsp3) is 0.769. The summed E-state index contributed by atoms with van der Waals surface area (Å²) in [6, 6.07) is -0.0592. The zero-order chi connectivity index (χ0) is 15.1. The zero-order valence-corrected chi connectivity index (χ0v) is 12.7. The van der Waals surface area contributed by atoms with Crippen LogP contribution in [0.15, 0.2) is 0 Å². The first-order valence-corrected chi connectivity index (χ1v) is 7.42. The van der Waals surface area contributed by atoms with Gasteiger partial charge in [0.2, 0.25) is 0 Å². The lowest BCUT2D eigenvalue weighted by atomic mass is 9.77. The van der Waals surface area contributed by atoms with Crippen molar-refractivity contribution in [1.82, 2.24) is 4.98 Å². The predicted molar refractivity (Wildman–Crippen MR) is 75.1 cm³/mol. The summed E-state index contributed by atoms with van der Waals surface area (Å²) in [4.78, 5) is 7.09. The Morgan fingerprint density at radius 2 is 2.10 bits per heavy atom. The van der Waals surface area contributed by atoms with Gasteiger partial charge in [-0.3, -0.25) is 0 Å². The van der Waals surface area contributed by atoms with E-state index in [4.69, 9.17) is 5.73 Å². The van der Waals surface area contributed by atoms with Gasteiger partial charge in [0.1, 0.15) is 0 Å². The predicted octanol–water partition coefficient (Wildman–Crippen LogP) is 3.50. The summed E-state index contributed by atoms with van der Waals surface area (Å²) in [5, 5.41) is 0.632. The standard InChI is InChI=1S/C13H20F3N3S/c1-12(2)6-8(17)10-9(7-12)18-11(20-10)19(3)5-4-13(14,15)16/h8H,4-7,17H2,1-3H3. The van der Waals surface area contributed by atoms with Gasteiger partial charge in [0.05, 0.1) is 12.1 Å². The summed E-state index contributed by atoms with van der Waals surface area (Å²) in [6.45, 7) is 4.21. The Morgan fingerprint density at radius 1 is 1.45 bits per heavy atom. The zero-order valence-electron chi connectivity index (χ0n) is 11.9. The number of nitrogens with two attached hydrogens (primary N) is 1. The molecule has 1 aromatic heterocycles. The third kappa shape index (κ3) is 3.63. The van der Waals surface area contributed by atoms with Crippen LogP contribution in [0.2, 0.25) is 0 Å². The molecule has 2 N–H and O–H groups in total. The van der Waals surface area contributed by atoms with E-state index in [9.17, 15) is 13.2 Å². The molecule has 0 saturated heterocycles. The summed E-state index contributed by atoms with van der Waals surface area (Å²) in [5.74, 6) is 0. The summed E-state index contributed by atoms with van der Waals surface area (Å²) in [6.07, 6.45) is -3.25. The molecule has 1 aromatic rings. The number of halogens is 3. The normalized spacial score (nSPS) is 21.6. The Bertz CT molecular complexity index is 482. The summed E-state index contributed by atoms with van der Waals surface area (Å²) >= 11 is 1.43. The minimum Gasteiger partial charge on any atom is -0.351 e. The summed E-state index contributed by atoms with van der Waals surface area (Å²) in [5.41, 5.74) is 7.20. The SMILES string of the molecule is CN(CCC(F)(F)F)c1nc2c(s1)C(N)CC(C)(C)C2. The number of anilines is 1. The van der Waals surface area contributed by atoms with Crippen LogP contribution in [-0.4, -0.2) is 24.8 Å². The number of aromatic nitrogens is 1. The second-order valence-electron chi connectivity index (χ2n) is 6.25. The van der Waals surface area contributed by atoms with Crippen LogP contribution < -0.4 is 10.6 Å². The van der Waals surface area contributed by atoms with Gasteiger partial charge < -0.3 is 10.6 Å². The van der Waals surface area contributed by atoms with E-state index in [1.807, 2.05) is 0 Å². The van der Waals surface area contributed by atoms with Crippen molar-refractivity contribution >= 4 is 16.5 Å². The Labute approximate surface area is 121 Å². The van der Waals surface area contributed by atoms with Gasteiger partial charge in [-0.15, -0.1) is 11.3 Å². The van der Waals surface area contributed by atoms with E-state index in [0.29, 0.717) is 5.13 Å². The Hall–Kier alpha value is -0.820. The van der Waals surface area contributed by atoms with Gasteiger partial charge >= 0.3 is 6.18 Å². The third-order valence-electron chi connectivity index (χ3n) is 3.53. The van der Waals surface area contributed by atoms with Crippen LogP contribution in [0.3, 0.4) is 0 Å². The van der Waals surface area contributed by atoms with E-state index in [1.54, 1.807) is 11.9 Å². The molecule has 0 aliphatic heterocycles. The van der Waals surface area contributed by atoms with Gasteiger partial charge in [0.25, 0.3) is 0 Å². The second kappa shape index (κ2) is 5.18. The Morgan fingerprint density at radius 3 is 2.70 bits per heavy atom. The highest BCUT2D eigenvalue weighted by Crippen LogP contribution is 2.43. The molecule has 2 rings (SSSR count). The van der Waals surface area contributed by atoms with Crippen molar-refractivity contribution in [2.24, 2.45) is 11.1 Å². The maximum absolute atomic E-state index is 12.3. The molecule has 114 valence electrons. The largest absolute Gasteiger partial charge is 0.390 e. The number of nitrogens with zero attached hydrogens (tertiary/aromatic N) is 2. The van der Waals surface area contributed by atoms with Crippen molar-refractivity contribution < 1.29 is 13.2 Å². The van der Waals surface area contributed by atoms with E-state index in [0.717, 1.165) is 23.4 Å². The van der Waals surface area contributed by atoms with Gasteiger partial charge in [-0.2, -0.15) is 13.2 Å². The van der Waals surface area contributed by atoms with E-state index in [-0.39, 0.29) is 18.0 Å². The molecular weight excluding hydrogens is 287 g/mol. The number of thiazole rings is 1. The molecule has 0 saturated carbocycles. The van der Waals surface area contributed by atoms with E-state index in [2.05, 4.69) is 18.8 Å². The lowest BCUT2D eigenvalue weighted by Gasteiger charge is -2.32. The van der Waals surface area contributed by atoms with E-state index >= 15 is 0 Å². The van der Waals surface area contributed by atoms with Gasteiger partial charge in [-0.1, -0.05) is 13.8 Å². The van der Waals surface area contributed by atoms with Crippen LogP contribution >= 0.6 is 11.3 Å². The van der Waals surface area contributed by atoms with Crippen LogP contribution in [0, 0.1) is 5.41 Å². The molecule has 3 nitrogen and oxygen atoms in total. The first kappa shape index (κ1) is 15.6. The average molecular weight is 307 g/mol. The molecule has 0 spiro atoms. The average Bonchev–Trinajstić information content (AvgIpc) is 2.67. The fourth-order valence-electron chi connectivity index (χ4n) is 2.53. The molecule has 20 heavy (non-hydrogen) atoms. The van der Waals surface area contributed by atoms with Gasteiger partial charge in [0, 0.05) is 24.5 Å². The van der Waals surface area contributed by atoms with E-state index < -0.39 is 12.6 Å². The highest BCUT2D eigenvalue weighted by molar-refractivity contribution is 7.15. The smallest absolute Gasteiger partial charge is 0.351 e. The lowest BCUT2D eigenvalue weighted by Crippen LogP contribution is -2.28. The maximum atomic E-state index is 12.3. The van der Waals surface area contributed by atoms with E-state index in [1.165, 1.54) is 11.3 Å². The first-order valence-electron chi connectivity index (χ1n) is 6.60. The fourth-order valence-corrected chi connectivity index (χ4v) is 3.60. The number of hydrogen-bond donors (Lipinski definition) is 1. The van der Waals surface area contributed by atoms with Gasteiger partial charge in [0.15, 0.2) is 5.13 Å². The van der Waals surface area contributed by atoms with Gasteiger partial charge in [-0.05, 0) is 18.3 Å². The number of hydrogen-bond acceptors (Lipinski definition) is 4. The molecule has 1 unspecified atom stereocenters. The van der Waals surface area contributed by atoms with Crippen molar-refractivity contribution in [2.75, 3.05) is 18.5 Å². The maximum Gasteiger partial charge on any atom is 0.390 e. The third-order valence-corrected chi connectivity index (χ3v) is 4.87. The first-order chi connectivity index (χ1) is 9.07. The molecule has 0 radical (unpaired) electrons. The molecule has 1 atom stereocenters. The quantitative estimate of drug-likeness (QED) is 0.929. The molecule has 7 heteroatoms. The second-order valence-corrected chi connectivity index (χ2v) is 7.25. The topological polar surface area (TPSA) is 42.2 Å². The molecule has 1 aliphatic rings. The monoisotopic (exact) mass is 307 g/mol. The highest BCUT2D eigenvalue weighted by atomic mass is 32.1. The minimum absolute atomic E-state index is 0.0592. The van der Waals surface area contributed by atoms with Crippen molar-refractivity contribution in [2.45, 2.75) is 45.3 Å². The van der Waals surface area contributed by atoms with Crippen LogP contribution in [0.4, 0.5) is 18.3 Å². The Balaban J connectivity index is 2.12. The molecule has 0 bridgehead atoms. The number of alkyl halides is 3. The van der Waals surface area contributed by atoms with Crippen molar-refractivity contribution in [3.05, 3.63) is 10.6 Å². The highest BCUT2D eigenvalue weighted by Gasteiger charge is 2.34. The van der Waals surface area contributed by atoms with Crippen LogP contribution in [-0.2, 0) is 6.42 Å². The molecular formula is C13H20F3N3S. The number of rotatable bonds is 3. The molecule has 0 amide bonds. The molecule has 0 aromatic carbocycles. The van der Waals surface area contributed by atoms with Crippen molar-refractivity contribution in [1.29, 1.82) is 0 Å². The Kier molecular flexibility index (Phi) is 4.03. The molecule has 0 fully saturated rings. The lowest BCUT2D eigenvalue weighted by molar-refractivity contribution is -0.132. The summed E-state index contributed by atoms with van der Waals surface area (Å²) < 4.78 is 36.8. The summed E-state index contributed by atoms with van der Waals surface area (Å²) in [7, 11) is 1.65. The van der Waals surface area contributed by atoms with Gasteiger partial charge in [-0.25, -0.2) is 4.98 Å². The van der Waals surface area contributed by atoms with Crippen LogP contribution in [0.5, 0.6) is 0 Å². The number of fused-ring (bicyclic) bond motifs is 1. The van der Waals surface area contributed by atoms with Crippen LogP contribution in [0.1, 0.15) is 43.3 Å². The van der Waals surface area contributed by atoms with Crippen LogP contribution in [0.25, 0.3) is 0 Å². The molecule has 1 heterocycles. The van der Waals surface area contributed by atoms with Crippen molar-refractivity contribution in [3.63, 3.8) is 0 Å².